The summed E-state index contributed by atoms with van der Waals surface area (Å²) in [7, 11) is 1.50. The standard InChI is InChI=1S/C12H12N2O3/c1-7(12(16)17)10-8-5-3-4-6-9(8)11(15)14(2)13-10/h3-7H,1-2H3,(H,16,17)/p-1/t7-/m1/s1. The molecule has 1 aromatic carbocycles. The average Bonchev–Trinajstić information content (AvgIpc) is 2.33. The Labute approximate surface area is 97.3 Å². The molecular formula is C12H11N2O3-. The summed E-state index contributed by atoms with van der Waals surface area (Å²) >= 11 is 0. The van der Waals surface area contributed by atoms with Crippen LogP contribution in [0.25, 0.3) is 10.8 Å². The van der Waals surface area contributed by atoms with Gasteiger partial charge in [-0.1, -0.05) is 25.1 Å². The van der Waals surface area contributed by atoms with Crippen molar-refractivity contribution in [2.45, 2.75) is 12.8 Å². The van der Waals surface area contributed by atoms with E-state index in [1.165, 1.54) is 14.0 Å². The van der Waals surface area contributed by atoms with Crippen molar-refractivity contribution in [1.29, 1.82) is 0 Å². The minimum atomic E-state index is -1.21. The minimum Gasteiger partial charge on any atom is -0.549 e. The lowest BCUT2D eigenvalue weighted by atomic mass is 10.0. The lowest BCUT2D eigenvalue weighted by Crippen LogP contribution is -2.31. The van der Waals surface area contributed by atoms with Crippen molar-refractivity contribution in [1.82, 2.24) is 9.78 Å². The van der Waals surface area contributed by atoms with Gasteiger partial charge in [-0.3, -0.25) is 4.79 Å². The number of nitrogens with zero attached hydrogens (tertiary/aromatic N) is 2. The third-order valence-electron chi connectivity index (χ3n) is 2.75. The highest BCUT2D eigenvalue weighted by molar-refractivity contribution is 5.87. The number of rotatable bonds is 2. The molecule has 0 amide bonds. The lowest BCUT2D eigenvalue weighted by molar-refractivity contribution is -0.307. The van der Waals surface area contributed by atoms with Gasteiger partial charge in [-0.2, -0.15) is 5.10 Å². The molecular weight excluding hydrogens is 220 g/mol. The van der Waals surface area contributed by atoms with Crippen LogP contribution in [0.3, 0.4) is 0 Å². The number of hydrogen-bond donors (Lipinski definition) is 0. The zero-order valence-corrected chi connectivity index (χ0v) is 9.51. The van der Waals surface area contributed by atoms with Gasteiger partial charge in [0.05, 0.1) is 17.0 Å². The number of hydrogen-bond acceptors (Lipinski definition) is 4. The molecule has 0 spiro atoms. The van der Waals surface area contributed by atoms with Gasteiger partial charge in [0.25, 0.3) is 5.56 Å². The predicted molar refractivity (Wildman–Crippen MR) is 60.4 cm³/mol. The lowest BCUT2D eigenvalue weighted by Gasteiger charge is -2.15. The van der Waals surface area contributed by atoms with E-state index in [2.05, 4.69) is 5.10 Å². The number of fused-ring (bicyclic) bond motifs is 1. The Morgan fingerprint density at radius 3 is 2.53 bits per heavy atom. The molecule has 0 aliphatic rings. The number of aliphatic carboxylic acids is 1. The molecule has 2 rings (SSSR count). The maximum Gasteiger partial charge on any atom is 0.274 e. The Morgan fingerprint density at radius 2 is 1.94 bits per heavy atom. The van der Waals surface area contributed by atoms with E-state index in [0.717, 1.165) is 4.68 Å². The zero-order chi connectivity index (χ0) is 12.6. The van der Waals surface area contributed by atoms with Crippen molar-refractivity contribution in [3.63, 3.8) is 0 Å². The van der Waals surface area contributed by atoms with Crippen LogP contribution in [0.15, 0.2) is 29.1 Å². The molecule has 17 heavy (non-hydrogen) atoms. The number of aromatic nitrogens is 2. The molecule has 0 aliphatic heterocycles. The molecule has 0 bridgehead atoms. The van der Waals surface area contributed by atoms with Crippen LogP contribution in [0.1, 0.15) is 18.5 Å². The molecule has 2 aromatic rings. The maximum absolute atomic E-state index is 11.8. The van der Waals surface area contributed by atoms with Gasteiger partial charge in [0.1, 0.15) is 0 Å². The monoisotopic (exact) mass is 231 g/mol. The van der Waals surface area contributed by atoms with E-state index in [9.17, 15) is 14.7 Å². The van der Waals surface area contributed by atoms with Crippen molar-refractivity contribution in [3.05, 3.63) is 40.3 Å². The minimum absolute atomic E-state index is 0.241. The third-order valence-corrected chi connectivity index (χ3v) is 2.75. The molecule has 0 N–H and O–H groups in total. The fourth-order valence-corrected chi connectivity index (χ4v) is 1.76. The number of carbonyl (C=O) groups is 1. The highest BCUT2D eigenvalue weighted by Crippen LogP contribution is 2.20. The van der Waals surface area contributed by atoms with Crippen LogP contribution < -0.4 is 10.7 Å². The summed E-state index contributed by atoms with van der Waals surface area (Å²) in [5.41, 5.74) is 0.109. The Hall–Kier alpha value is -2.17. The Kier molecular flexibility index (Phi) is 2.67. The SMILES string of the molecule is C[C@@H](C(=O)[O-])c1nn(C)c(=O)c2ccccc12. The van der Waals surface area contributed by atoms with Gasteiger partial charge in [0.2, 0.25) is 0 Å². The van der Waals surface area contributed by atoms with Gasteiger partial charge in [-0.15, -0.1) is 0 Å². The molecule has 5 nitrogen and oxygen atoms in total. The first-order chi connectivity index (χ1) is 8.02. The molecule has 1 atom stereocenters. The van der Waals surface area contributed by atoms with E-state index >= 15 is 0 Å². The van der Waals surface area contributed by atoms with Gasteiger partial charge in [-0.05, 0) is 6.07 Å². The molecule has 0 saturated heterocycles. The molecule has 5 heteroatoms. The van der Waals surface area contributed by atoms with Crippen molar-refractivity contribution < 1.29 is 9.90 Å². The number of carboxylic acids is 1. The first-order valence-electron chi connectivity index (χ1n) is 5.19. The molecule has 0 aliphatic carbocycles. The fraction of sp³-hybridized carbons (Fsp3) is 0.250. The fourth-order valence-electron chi connectivity index (χ4n) is 1.76. The van der Waals surface area contributed by atoms with E-state index < -0.39 is 11.9 Å². The van der Waals surface area contributed by atoms with E-state index in [1.54, 1.807) is 24.3 Å². The van der Waals surface area contributed by atoms with Crippen LogP contribution in [0.5, 0.6) is 0 Å². The Bertz CT molecular complexity index is 646. The normalized spacial score (nSPS) is 12.6. The zero-order valence-electron chi connectivity index (χ0n) is 9.51. The highest BCUT2D eigenvalue weighted by atomic mass is 16.4. The van der Waals surface area contributed by atoms with E-state index in [4.69, 9.17) is 0 Å². The molecule has 0 fully saturated rings. The van der Waals surface area contributed by atoms with Crippen molar-refractivity contribution in [2.75, 3.05) is 0 Å². The van der Waals surface area contributed by atoms with Crippen LogP contribution in [0.2, 0.25) is 0 Å². The number of aryl methyl sites for hydroxylation is 1. The first-order valence-corrected chi connectivity index (χ1v) is 5.19. The van der Waals surface area contributed by atoms with Crippen LogP contribution in [0, 0.1) is 0 Å². The topological polar surface area (TPSA) is 75.0 Å². The number of carboxylic acid groups (broad SMARTS) is 1. The van der Waals surface area contributed by atoms with Gasteiger partial charge < -0.3 is 9.90 Å². The summed E-state index contributed by atoms with van der Waals surface area (Å²) < 4.78 is 1.15. The van der Waals surface area contributed by atoms with E-state index in [1.807, 2.05) is 0 Å². The summed E-state index contributed by atoms with van der Waals surface area (Å²) in [6.45, 7) is 1.49. The second-order valence-electron chi connectivity index (χ2n) is 3.90. The maximum atomic E-state index is 11.8. The second kappa shape index (κ2) is 4.01. The second-order valence-corrected chi connectivity index (χ2v) is 3.90. The summed E-state index contributed by atoms with van der Waals surface area (Å²) in [5, 5.41) is 15.9. The van der Waals surface area contributed by atoms with Gasteiger partial charge >= 0.3 is 0 Å². The van der Waals surface area contributed by atoms with Crippen LogP contribution in [-0.2, 0) is 11.8 Å². The van der Waals surface area contributed by atoms with E-state index in [-0.39, 0.29) is 5.56 Å². The molecule has 0 saturated carbocycles. The molecule has 0 unspecified atom stereocenters. The van der Waals surface area contributed by atoms with Crippen LogP contribution >= 0.6 is 0 Å². The molecule has 1 heterocycles. The van der Waals surface area contributed by atoms with Crippen molar-refractivity contribution >= 4 is 16.7 Å². The average molecular weight is 231 g/mol. The van der Waals surface area contributed by atoms with Gasteiger partial charge in [0, 0.05) is 18.4 Å². The molecule has 0 radical (unpaired) electrons. The van der Waals surface area contributed by atoms with Gasteiger partial charge in [-0.25, -0.2) is 4.68 Å². The third kappa shape index (κ3) is 1.80. The Morgan fingerprint density at radius 1 is 1.35 bits per heavy atom. The predicted octanol–water partition coefficient (Wildman–Crippen LogP) is -0.213. The largest absolute Gasteiger partial charge is 0.549 e. The van der Waals surface area contributed by atoms with Crippen LogP contribution in [0.4, 0.5) is 0 Å². The van der Waals surface area contributed by atoms with Crippen molar-refractivity contribution in [3.8, 4) is 0 Å². The van der Waals surface area contributed by atoms with Crippen LogP contribution in [-0.4, -0.2) is 15.7 Å². The van der Waals surface area contributed by atoms with Crippen molar-refractivity contribution in [2.24, 2.45) is 7.05 Å². The summed E-state index contributed by atoms with van der Waals surface area (Å²) in [6.07, 6.45) is 0. The first kappa shape index (κ1) is 11.3. The Balaban J connectivity index is 2.85. The number of benzene rings is 1. The van der Waals surface area contributed by atoms with Gasteiger partial charge in [0.15, 0.2) is 0 Å². The smallest absolute Gasteiger partial charge is 0.274 e. The molecule has 88 valence electrons. The summed E-state index contributed by atoms with van der Waals surface area (Å²) in [6, 6.07) is 6.83. The summed E-state index contributed by atoms with van der Waals surface area (Å²) in [5.74, 6) is -2.06. The number of carbonyl (C=O) groups excluding carboxylic acids is 1. The highest BCUT2D eigenvalue weighted by Gasteiger charge is 2.15. The van der Waals surface area contributed by atoms with E-state index in [0.29, 0.717) is 16.5 Å². The molecule has 1 aromatic heterocycles. The quantitative estimate of drug-likeness (QED) is 0.716. The summed E-state index contributed by atoms with van der Waals surface area (Å²) in [4.78, 5) is 22.7.